The number of nitrogens with one attached hydrogen (secondary N) is 2. The molecule has 1 fully saturated rings. The standard InChI is InChI=1S/C23H21FN4O3/c1-5-18(14-6-7-14)27-23(31)21(29)19-12(2)20(28(4)13(19)3)22(30)26-16-8-9-17(24)15(10-16)11-25/h1,8-10,14,18H,6-7H2,2-4H3,(H,26,30)(H,27,31)/t18-/m0/s1. The Morgan fingerprint density at radius 2 is 1.97 bits per heavy atom. The van der Waals surface area contributed by atoms with Crippen molar-refractivity contribution in [3.63, 3.8) is 0 Å². The lowest BCUT2D eigenvalue weighted by Gasteiger charge is -2.11. The fourth-order valence-electron chi connectivity index (χ4n) is 3.56. The fraction of sp³-hybridized carbons (Fsp3) is 0.304. The van der Waals surface area contributed by atoms with Gasteiger partial charge in [-0.25, -0.2) is 4.39 Å². The summed E-state index contributed by atoms with van der Waals surface area (Å²) < 4.78 is 15.0. The van der Waals surface area contributed by atoms with Crippen LogP contribution >= 0.6 is 0 Å². The van der Waals surface area contributed by atoms with E-state index in [-0.39, 0.29) is 28.4 Å². The molecule has 0 radical (unpaired) electrons. The van der Waals surface area contributed by atoms with Crippen molar-refractivity contribution in [1.82, 2.24) is 9.88 Å². The Bertz CT molecular complexity index is 1180. The third kappa shape index (κ3) is 4.19. The van der Waals surface area contributed by atoms with E-state index in [1.165, 1.54) is 16.7 Å². The Labute approximate surface area is 179 Å². The van der Waals surface area contributed by atoms with Crippen molar-refractivity contribution in [2.24, 2.45) is 13.0 Å². The SMILES string of the molecule is C#C[C@H](NC(=O)C(=O)c1c(C)c(C(=O)Nc2ccc(F)c(C#N)c2)n(C)c1C)C1CC1. The molecule has 1 heterocycles. The Hall–Kier alpha value is -3.91. The monoisotopic (exact) mass is 420 g/mol. The van der Waals surface area contributed by atoms with E-state index in [9.17, 15) is 18.8 Å². The van der Waals surface area contributed by atoms with Crippen LogP contribution in [0.3, 0.4) is 0 Å². The van der Waals surface area contributed by atoms with Gasteiger partial charge in [-0.3, -0.25) is 14.4 Å². The quantitative estimate of drug-likeness (QED) is 0.426. The van der Waals surface area contributed by atoms with Crippen molar-refractivity contribution in [3.8, 4) is 18.4 Å². The normalized spacial score (nSPS) is 13.6. The highest BCUT2D eigenvalue weighted by molar-refractivity contribution is 6.43. The lowest BCUT2D eigenvalue weighted by Crippen LogP contribution is -2.40. The molecule has 31 heavy (non-hydrogen) atoms. The molecule has 0 unspecified atom stereocenters. The van der Waals surface area contributed by atoms with Gasteiger partial charge in [0.05, 0.1) is 17.2 Å². The van der Waals surface area contributed by atoms with Crippen LogP contribution in [0.4, 0.5) is 10.1 Å². The van der Waals surface area contributed by atoms with Gasteiger partial charge >= 0.3 is 0 Å². The fourth-order valence-corrected chi connectivity index (χ4v) is 3.56. The molecule has 3 rings (SSSR count). The molecule has 7 nitrogen and oxygen atoms in total. The van der Waals surface area contributed by atoms with Gasteiger partial charge in [0.2, 0.25) is 0 Å². The Morgan fingerprint density at radius 3 is 2.55 bits per heavy atom. The number of hydrogen-bond donors (Lipinski definition) is 2. The highest BCUT2D eigenvalue weighted by Crippen LogP contribution is 2.32. The van der Waals surface area contributed by atoms with Crippen molar-refractivity contribution in [3.05, 3.63) is 52.1 Å². The van der Waals surface area contributed by atoms with E-state index >= 15 is 0 Å². The summed E-state index contributed by atoms with van der Waals surface area (Å²) in [5.41, 5.74) is 1.12. The Balaban J connectivity index is 1.86. The summed E-state index contributed by atoms with van der Waals surface area (Å²) in [6.07, 6.45) is 7.28. The van der Waals surface area contributed by atoms with Crippen LogP contribution in [0.25, 0.3) is 0 Å². The summed E-state index contributed by atoms with van der Waals surface area (Å²) in [6, 6.07) is 4.85. The van der Waals surface area contributed by atoms with Crippen LogP contribution in [0, 0.1) is 49.3 Å². The first-order valence-corrected chi connectivity index (χ1v) is 9.67. The lowest BCUT2D eigenvalue weighted by atomic mass is 10.0. The number of nitrogens with zero attached hydrogens (tertiary/aromatic N) is 2. The maximum absolute atomic E-state index is 13.5. The maximum atomic E-state index is 13.5. The minimum absolute atomic E-state index is 0.133. The lowest BCUT2D eigenvalue weighted by molar-refractivity contribution is -0.117. The molecule has 8 heteroatoms. The predicted molar refractivity (Wildman–Crippen MR) is 112 cm³/mol. The number of rotatable bonds is 6. The average molecular weight is 420 g/mol. The van der Waals surface area contributed by atoms with Crippen molar-refractivity contribution in [1.29, 1.82) is 5.26 Å². The third-order valence-corrected chi connectivity index (χ3v) is 5.48. The molecule has 1 saturated carbocycles. The average Bonchev–Trinajstić information content (AvgIpc) is 3.55. The Kier molecular flexibility index (Phi) is 5.94. The number of benzene rings is 1. The molecule has 2 amide bonds. The molecule has 0 saturated heterocycles. The minimum Gasteiger partial charge on any atom is -0.343 e. The number of carbonyl (C=O) groups excluding carboxylic acids is 3. The summed E-state index contributed by atoms with van der Waals surface area (Å²) >= 11 is 0. The van der Waals surface area contributed by atoms with Crippen LogP contribution in [0.2, 0.25) is 0 Å². The molecule has 158 valence electrons. The first kappa shape index (κ1) is 21.8. The number of ketones is 1. The van der Waals surface area contributed by atoms with Crippen molar-refractivity contribution in [2.75, 3.05) is 5.32 Å². The first-order valence-electron chi connectivity index (χ1n) is 9.67. The number of terminal acetylenes is 1. The van der Waals surface area contributed by atoms with Gasteiger partial charge in [-0.1, -0.05) is 5.92 Å². The van der Waals surface area contributed by atoms with E-state index in [0.717, 1.165) is 18.9 Å². The van der Waals surface area contributed by atoms with Gasteiger partial charge in [-0.2, -0.15) is 5.26 Å². The third-order valence-electron chi connectivity index (χ3n) is 5.48. The molecule has 1 aromatic carbocycles. The van der Waals surface area contributed by atoms with Gasteiger partial charge in [0.1, 0.15) is 17.6 Å². The van der Waals surface area contributed by atoms with E-state index in [2.05, 4.69) is 16.6 Å². The first-order chi connectivity index (χ1) is 14.7. The summed E-state index contributed by atoms with van der Waals surface area (Å²) in [5.74, 6) is -0.132. The van der Waals surface area contributed by atoms with Crippen LogP contribution in [0.1, 0.15) is 50.5 Å². The molecule has 1 aliphatic carbocycles. The Morgan fingerprint density at radius 1 is 1.29 bits per heavy atom. The zero-order chi connectivity index (χ0) is 22.9. The van der Waals surface area contributed by atoms with Gasteiger partial charge in [-0.15, -0.1) is 6.42 Å². The number of nitriles is 1. The molecular formula is C23H21FN4O3. The van der Waals surface area contributed by atoms with Crippen LogP contribution in [-0.2, 0) is 11.8 Å². The summed E-state index contributed by atoms with van der Waals surface area (Å²) in [4.78, 5) is 38.2. The van der Waals surface area contributed by atoms with Gasteiger partial charge in [0.15, 0.2) is 0 Å². The highest BCUT2D eigenvalue weighted by atomic mass is 19.1. The van der Waals surface area contributed by atoms with Crippen molar-refractivity contribution < 1.29 is 18.8 Å². The molecule has 2 aromatic rings. The summed E-state index contributed by atoms with van der Waals surface area (Å²) in [7, 11) is 1.60. The van der Waals surface area contributed by atoms with E-state index in [1.807, 2.05) is 0 Å². The maximum Gasteiger partial charge on any atom is 0.293 e. The molecule has 0 bridgehead atoms. The topological polar surface area (TPSA) is 104 Å². The van der Waals surface area contributed by atoms with Crippen LogP contribution in [0.15, 0.2) is 18.2 Å². The van der Waals surface area contributed by atoms with Crippen molar-refractivity contribution in [2.45, 2.75) is 32.7 Å². The van der Waals surface area contributed by atoms with Crippen molar-refractivity contribution >= 4 is 23.3 Å². The van der Waals surface area contributed by atoms with Crippen LogP contribution in [-0.4, -0.2) is 28.2 Å². The number of amides is 2. The largest absolute Gasteiger partial charge is 0.343 e. The number of Topliss-reactive ketones (excluding diaryl/α,β-unsaturated/α-hetero) is 1. The zero-order valence-corrected chi connectivity index (χ0v) is 17.4. The van der Waals surface area contributed by atoms with E-state index in [0.29, 0.717) is 11.3 Å². The minimum atomic E-state index is -0.809. The predicted octanol–water partition coefficient (Wildman–Crippen LogP) is 2.62. The number of aromatic nitrogens is 1. The molecular weight excluding hydrogens is 399 g/mol. The number of anilines is 1. The molecule has 1 aromatic heterocycles. The van der Waals surface area contributed by atoms with E-state index < -0.39 is 29.5 Å². The summed E-state index contributed by atoms with van der Waals surface area (Å²) in [5, 5.41) is 14.2. The van der Waals surface area contributed by atoms with Crippen LogP contribution < -0.4 is 10.6 Å². The highest BCUT2D eigenvalue weighted by Gasteiger charge is 2.34. The molecule has 1 aliphatic rings. The molecule has 0 spiro atoms. The second-order valence-corrected chi connectivity index (χ2v) is 7.54. The second kappa shape index (κ2) is 8.45. The number of hydrogen-bond acceptors (Lipinski definition) is 4. The smallest absolute Gasteiger partial charge is 0.293 e. The zero-order valence-electron chi connectivity index (χ0n) is 17.4. The molecule has 0 aliphatic heterocycles. The van der Waals surface area contributed by atoms with Gasteiger partial charge in [-0.05, 0) is 56.4 Å². The second-order valence-electron chi connectivity index (χ2n) is 7.54. The number of halogens is 1. The molecule has 1 atom stereocenters. The molecule has 2 N–H and O–H groups in total. The number of carbonyl (C=O) groups is 3. The van der Waals surface area contributed by atoms with Gasteiger partial charge in [0, 0.05) is 18.4 Å². The van der Waals surface area contributed by atoms with E-state index in [4.69, 9.17) is 11.7 Å². The van der Waals surface area contributed by atoms with Gasteiger partial charge < -0.3 is 15.2 Å². The summed E-state index contributed by atoms with van der Waals surface area (Å²) in [6.45, 7) is 3.21. The van der Waals surface area contributed by atoms with Gasteiger partial charge in [0.25, 0.3) is 17.6 Å². The van der Waals surface area contributed by atoms with Crippen LogP contribution in [0.5, 0.6) is 0 Å². The van der Waals surface area contributed by atoms with E-state index in [1.54, 1.807) is 27.0 Å².